The summed E-state index contributed by atoms with van der Waals surface area (Å²) in [7, 11) is 0. The van der Waals surface area contributed by atoms with Crippen LogP contribution >= 0.6 is 0 Å². The van der Waals surface area contributed by atoms with Gasteiger partial charge >= 0.3 is 6.09 Å². The summed E-state index contributed by atoms with van der Waals surface area (Å²) in [4.78, 5) is 15.0. The molecular weight excluding hydrogens is 196 g/mol. The number of rotatable bonds is 2. The van der Waals surface area contributed by atoms with Gasteiger partial charge in [0.2, 0.25) is 0 Å². The van der Waals surface area contributed by atoms with E-state index in [0.717, 1.165) is 0 Å². The zero-order chi connectivity index (χ0) is 11.5. The maximum atomic E-state index is 11.3. The second-order valence-corrected chi connectivity index (χ2v) is 3.97. The number of oxazole rings is 1. The molecule has 5 heteroatoms. The van der Waals surface area contributed by atoms with Gasteiger partial charge in [0.25, 0.3) is 0 Å². The van der Waals surface area contributed by atoms with E-state index in [1.54, 1.807) is 20.8 Å². The molecular formula is C10H14N2O3. The summed E-state index contributed by atoms with van der Waals surface area (Å²) in [6.45, 7) is 8.97. The number of alkyl carbamates (subject to hydrolysis) is 1. The average Bonchev–Trinajstić information content (AvgIpc) is 2.50. The molecule has 1 amide bonds. The van der Waals surface area contributed by atoms with E-state index in [2.05, 4.69) is 16.9 Å². The highest BCUT2D eigenvalue weighted by atomic mass is 16.6. The summed E-state index contributed by atoms with van der Waals surface area (Å²) in [5, 5.41) is 2.45. The van der Waals surface area contributed by atoms with Gasteiger partial charge in [-0.1, -0.05) is 6.58 Å². The molecule has 0 saturated carbocycles. The van der Waals surface area contributed by atoms with Crippen molar-refractivity contribution >= 4 is 11.8 Å². The van der Waals surface area contributed by atoms with Gasteiger partial charge in [0.1, 0.15) is 5.60 Å². The van der Waals surface area contributed by atoms with E-state index >= 15 is 0 Å². The molecule has 5 nitrogen and oxygen atoms in total. The first kappa shape index (κ1) is 11.3. The molecule has 1 rings (SSSR count). The van der Waals surface area contributed by atoms with Gasteiger partial charge in [-0.2, -0.15) is 0 Å². The van der Waals surface area contributed by atoms with Crippen molar-refractivity contribution in [3.63, 3.8) is 0 Å². The number of hydrogen-bond donors (Lipinski definition) is 1. The van der Waals surface area contributed by atoms with Crippen LogP contribution in [0.1, 0.15) is 26.5 Å². The van der Waals surface area contributed by atoms with Gasteiger partial charge in [0.05, 0.1) is 11.9 Å². The maximum Gasteiger partial charge on any atom is 0.412 e. The van der Waals surface area contributed by atoms with Crippen LogP contribution in [0.3, 0.4) is 0 Å². The second kappa shape index (κ2) is 4.16. The Balaban J connectivity index is 2.50. The van der Waals surface area contributed by atoms with Crippen LogP contribution in [0.5, 0.6) is 0 Å². The molecule has 0 unspecified atom stereocenters. The van der Waals surface area contributed by atoms with Crippen LogP contribution < -0.4 is 5.32 Å². The topological polar surface area (TPSA) is 64.4 Å². The fourth-order valence-corrected chi connectivity index (χ4v) is 0.853. The van der Waals surface area contributed by atoms with E-state index in [-0.39, 0.29) is 0 Å². The first-order valence-corrected chi connectivity index (χ1v) is 4.46. The van der Waals surface area contributed by atoms with Crippen molar-refractivity contribution in [2.24, 2.45) is 0 Å². The Bertz CT molecular complexity index is 349. The largest absolute Gasteiger partial charge is 0.444 e. The molecule has 15 heavy (non-hydrogen) atoms. The number of carbonyl (C=O) groups excluding carboxylic acids is 1. The minimum Gasteiger partial charge on any atom is -0.444 e. The molecule has 1 aromatic heterocycles. The third kappa shape index (κ3) is 3.84. The molecule has 0 aliphatic rings. The monoisotopic (exact) mass is 210 g/mol. The quantitative estimate of drug-likeness (QED) is 0.812. The first-order chi connectivity index (χ1) is 6.88. The smallest absolute Gasteiger partial charge is 0.412 e. The summed E-state index contributed by atoms with van der Waals surface area (Å²) >= 11 is 0. The van der Waals surface area contributed by atoms with Crippen molar-refractivity contribution in [3.8, 4) is 0 Å². The molecule has 0 bridgehead atoms. The number of nitrogens with one attached hydrogen (secondary N) is 1. The fraction of sp³-hybridized carbons (Fsp3) is 0.400. The van der Waals surface area contributed by atoms with E-state index in [1.807, 2.05) is 0 Å². The highest BCUT2D eigenvalue weighted by molar-refractivity contribution is 5.79. The number of nitrogens with zero attached hydrogens (tertiary/aromatic N) is 1. The van der Waals surface area contributed by atoms with Crippen molar-refractivity contribution < 1.29 is 13.9 Å². The van der Waals surface area contributed by atoms with Gasteiger partial charge in [-0.3, -0.25) is 5.32 Å². The third-order valence-corrected chi connectivity index (χ3v) is 1.38. The normalized spacial score (nSPS) is 10.9. The Morgan fingerprint density at radius 3 is 2.73 bits per heavy atom. The van der Waals surface area contributed by atoms with Gasteiger partial charge in [-0.05, 0) is 20.8 Å². The van der Waals surface area contributed by atoms with Crippen molar-refractivity contribution in [1.82, 2.24) is 10.3 Å². The summed E-state index contributed by atoms with van der Waals surface area (Å²) in [5.41, 5.74) is -0.215. The van der Waals surface area contributed by atoms with Crippen LogP contribution in [0.15, 0.2) is 23.6 Å². The molecule has 0 aliphatic carbocycles. The van der Waals surface area contributed by atoms with Crippen LogP contribution in [0.2, 0.25) is 0 Å². The average molecular weight is 210 g/mol. The van der Waals surface area contributed by atoms with Crippen molar-refractivity contribution in [2.45, 2.75) is 26.4 Å². The van der Waals surface area contributed by atoms with Crippen LogP contribution in [0, 0.1) is 0 Å². The lowest BCUT2D eigenvalue weighted by Crippen LogP contribution is -2.31. The molecule has 0 aliphatic heterocycles. The van der Waals surface area contributed by atoms with Crippen LogP contribution in [0.25, 0.3) is 5.70 Å². The fourth-order valence-electron chi connectivity index (χ4n) is 0.853. The minimum atomic E-state index is -0.566. The number of ether oxygens (including phenoxy) is 1. The summed E-state index contributed by atoms with van der Waals surface area (Å²) in [6.07, 6.45) is 2.15. The molecule has 0 saturated heterocycles. The SMILES string of the molecule is C=C(NC(=O)OC(C)(C)C)c1cnco1. The molecule has 0 spiro atoms. The van der Waals surface area contributed by atoms with E-state index in [9.17, 15) is 4.79 Å². The zero-order valence-electron chi connectivity index (χ0n) is 9.03. The third-order valence-electron chi connectivity index (χ3n) is 1.38. The van der Waals surface area contributed by atoms with Crippen molar-refractivity contribution in [1.29, 1.82) is 0 Å². The van der Waals surface area contributed by atoms with Gasteiger partial charge in [0.15, 0.2) is 12.2 Å². The Hall–Kier alpha value is -1.78. The number of amides is 1. The molecule has 1 heterocycles. The van der Waals surface area contributed by atoms with Gasteiger partial charge in [0, 0.05) is 0 Å². The Morgan fingerprint density at radius 2 is 2.27 bits per heavy atom. The lowest BCUT2D eigenvalue weighted by molar-refractivity contribution is 0.0557. The Labute approximate surface area is 88.1 Å². The Kier molecular flexibility index (Phi) is 3.14. The standard InChI is InChI=1S/C10H14N2O3/c1-7(8-5-11-6-14-8)12-9(13)15-10(2,3)4/h5-6H,1H2,2-4H3,(H,12,13). The van der Waals surface area contributed by atoms with Crippen molar-refractivity contribution in [2.75, 3.05) is 0 Å². The molecule has 0 radical (unpaired) electrons. The van der Waals surface area contributed by atoms with Gasteiger partial charge < -0.3 is 9.15 Å². The predicted molar refractivity (Wildman–Crippen MR) is 54.9 cm³/mol. The van der Waals surface area contributed by atoms with Crippen molar-refractivity contribution in [3.05, 3.63) is 24.9 Å². The number of hydrogen-bond acceptors (Lipinski definition) is 4. The van der Waals surface area contributed by atoms with E-state index < -0.39 is 11.7 Å². The number of carbonyl (C=O) groups is 1. The molecule has 82 valence electrons. The first-order valence-electron chi connectivity index (χ1n) is 4.46. The molecule has 0 aromatic carbocycles. The molecule has 0 atom stereocenters. The predicted octanol–water partition coefficient (Wildman–Crippen LogP) is 2.17. The summed E-state index contributed by atoms with van der Waals surface area (Å²) in [6, 6.07) is 0. The lowest BCUT2D eigenvalue weighted by atomic mass is 10.2. The van der Waals surface area contributed by atoms with Crippen LogP contribution in [-0.2, 0) is 4.74 Å². The highest BCUT2D eigenvalue weighted by Gasteiger charge is 2.17. The second-order valence-electron chi connectivity index (χ2n) is 3.97. The Morgan fingerprint density at radius 1 is 1.60 bits per heavy atom. The molecule has 1 N–H and O–H groups in total. The van der Waals surface area contributed by atoms with Gasteiger partial charge in [-0.15, -0.1) is 0 Å². The number of aromatic nitrogens is 1. The highest BCUT2D eigenvalue weighted by Crippen LogP contribution is 2.10. The van der Waals surface area contributed by atoms with E-state index in [0.29, 0.717) is 11.5 Å². The van der Waals surface area contributed by atoms with Crippen LogP contribution in [0.4, 0.5) is 4.79 Å². The molecule has 1 aromatic rings. The zero-order valence-corrected chi connectivity index (χ0v) is 9.03. The van der Waals surface area contributed by atoms with Crippen LogP contribution in [-0.4, -0.2) is 16.7 Å². The summed E-state index contributed by atoms with van der Waals surface area (Å²) < 4.78 is 9.98. The molecule has 0 fully saturated rings. The maximum absolute atomic E-state index is 11.3. The van der Waals surface area contributed by atoms with Gasteiger partial charge in [-0.25, -0.2) is 9.78 Å². The lowest BCUT2D eigenvalue weighted by Gasteiger charge is -2.19. The summed E-state index contributed by atoms with van der Waals surface area (Å²) in [5.74, 6) is 0.404. The van der Waals surface area contributed by atoms with E-state index in [1.165, 1.54) is 12.6 Å². The minimum absolute atomic E-state index is 0.321. The van der Waals surface area contributed by atoms with E-state index in [4.69, 9.17) is 9.15 Å².